The predicted molar refractivity (Wildman–Crippen MR) is 75.8 cm³/mol. The summed E-state index contributed by atoms with van der Waals surface area (Å²) in [5, 5.41) is 36.3. The second-order valence-electron chi connectivity index (χ2n) is 4.70. The number of hydrogen-bond acceptors (Lipinski definition) is 6. The summed E-state index contributed by atoms with van der Waals surface area (Å²) in [6.07, 6.45) is 1.59. The monoisotopic (exact) mass is 291 g/mol. The first-order valence-electron chi connectivity index (χ1n) is 6.74. The van der Waals surface area contributed by atoms with Gasteiger partial charge in [0, 0.05) is 30.8 Å². The third-order valence-corrected chi connectivity index (χ3v) is 3.36. The number of nitrogens with zero attached hydrogens (tertiary/aromatic N) is 5. The molecule has 1 saturated heterocycles. The van der Waals surface area contributed by atoms with Crippen molar-refractivity contribution in [3.8, 4) is 5.75 Å². The Morgan fingerprint density at radius 1 is 1.19 bits per heavy atom. The summed E-state index contributed by atoms with van der Waals surface area (Å²) in [5.74, 6) is -0.0354. The van der Waals surface area contributed by atoms with Crippen LogP contribution in [0.15, 0.2) is 34.5 Å². The molecule has 21 heavy (non-hydrogen) atoms. The van der Waals surface area contributed by atoms with Crippen molar-refractivity contribution in [3.05, 3.63) is 40.2 Å². The molecule has 1 heterocycles. The minimum Gasteiger partial charge on any atom is -0.872 e. The maximum atomic E-state index is 11.5. The van der Waals surface area contributed by atoms with Crippen LogP contribution in [0.3, 0.4) is 0 Å². The van der Waals surface area contributed by atoms with Crippen LogP contribution in [0.25, 0.3) is 0 Å². The lowest BCUT2D eigenvalue weighted by atomic mass is 10.2. The number of hydrazine groups is 1. The van der Waals surface area contributed by atoms with Crippen molar-refractivity contribution < 1.29 is 10.1 Å². The first-order valence-corrected chi connectivity index (χ1v) is 6.74. The average Bonchev–Trinajstić information content (AvgIpc) is 2.53. The molecular weight excluding hydrogens is 274 g/mol. The summed E-state index contributed by atoms with van der Waals surface area (Å²) in [7, 11) is 0. The summed E-state index contributed by atoms with van der Waals surface area (Å²) in [6, 6.07) is 6.75. The Bertz CT molecular complexity index is 512. The molecule has 0 saturated carbocycles. The lowest BCUT2D eigenvalue weighted by Gasteiger charge is -2.31. The molecule has 0 aromatic heterocycles. The van der Waals surface area contributed by atoms with Crippen molar-refractivity contribution in [2.24, 2.45) is 10.3 Å². The van der Waals surface area contributed by atoms with Crippen LogP contribution in [-0.4, -0.2) is 60.4 Å². The van der Waals surface area contributed by atoms with E-state index in [-0.39, 0.29) is 10.7 Å². The molecule has 0 bridgehead atoms. The van der Waals surface area contributed by atoms with E-state index in [4.69, 9.17) is 0 Å². The maximum Gasteiger partial charge on any atom is 0.0895 e. The molecule has 1 aliphatic rings. The number of rotatable bonds is 5. The number of hydrogen-bond donors (Lipinski definition) is 0. The molecule has 0 atom stereocenters. The molecule has 2 rings (SSSR count). The van der Waals surface area contributed by atoms with Crippen LogP contribution in [0.1, 0.15) is 5.56 Å². The first kappa shape index (κ1) is 15.0. The van der Waals surface area contributed by atoms with Gasteiger partial charge in [0.05, 0.1) is 19.6 Å². The van der Waals surface area contributed by atoms with Crippen molar-refractivity contribution in [2.75, 3.05) is 39.3 Å². The quantitative estimate of drug-likeness (QED) is 0.333. The average molecular weight is 291 g/mol. The Balaban J connectivity index is 1.72. The van der Waals surface area contributed by atoms with Gasteiger partial charge in [0.1, 0.15) is 0 Å². The Hall–Kier alpha value is -2.35. The van der Waals surface area contributed by atoms with Crippen LogP contribution in [0.5, 0.6) is 5.75 Å². The molecule has 8 nitrogen and oxygen atoms in total. The van der Waals surface area contributed by atoms with Crippen LogP contribution in [-0.2, 0) is 0 Å². The second kappa shape index (κ2) is 7.44. The zero-order valence-electron chi connectivity index (χ0n) is 11.6. The van der Waals surface area contributed by atoms with Crippen LogP contribution < -0.4 is 5.11 Å². The van der Waals surface area contributed by atoms with Gasteiger partial charge < -0.3 is 15.5 Å². The Kier molecular flexibility index (Phi) is 5.33. The normalized spacial score (nSPS) is 17.5. The Morgan fingerprint density at radius 2 is 1.90 bits per heavy atom. The van der Waals surface area contributed by atoms with Gasteiger partial charge in [-0.15, -0.1) is 10.8 Å². The third kappa shape index (κ3) is 4.32. The van der Waals surface area contributed by atoms with Gasteiger partial charge in [0.15, 0.2) is 0 Å². The van der Waals surface area contributed by atoms with Gasteiger partial charge in [-0.2, -0.15) is 0 Å². The van der Waals surface area contributed by atoms with Crippen molar-refractivity contribution in [1.82, 2.24) is 9.91 Å². The van der Waals surface area contributed by atoms with Crippen molar-refractivity contribution in [3.63, 3.8) is 0 Å². The fraction of sp³-hybridized carbons (Fsp3) is 0.462. The maximum absolute atomic E-state index is 11.5. The van der Waals surface area contributed by atoms with Gasteiger partial charge >= 0.3 is 0 Å². The van der Waals surface area contributed by atoms with Gasteiger partial charge in [-0.25, -0.2) is 0 Å². The van der Waals surface area contributed by atoms with Crippen LogP contribution >= 0.6 is 0 Å². The van der Waals surface area contributed by atoms with E-state index in [2.05, 4.69) is 15.2 Å². The van der Waals surface area contributed by atoms with E-state index < -0.39 is 0 Å². The molecule has 0 amide bonds. The molecule has 1 aliphatic heterocycles. The molecule has 114 valence electrons. The van der Waals surface area contributed by atoms with Gasteiger partial charge in [0.25, 0.3) is 0 Å². The molecule has 0 spiro atoms. The van der Waals surface area contributed by atoms with Crippen molar-refractivity contribution >= 4 is 6.21 Å². The predicted octanol–water partition coefficient (Wildman–Crippen LogP) is 0.172. The van der Waals surface area contributed by atoms with Crippen molar-refractivity contribution in [2.45, 2.75) is 0 Å². The first-order chi connectivity index (χ1) is 10.2. The summed E-state index contributed by atoms with van der Waals surface area (Å²) < 4.78 is 0. The lowest BCUT2D eigenvalue weighted by molar-refractivity contribution is -0.692. The molecule has 1 fully saturated rings. The summed E-state index contributed by atoms with van der Waals surface area (Å²) in [4.78, 5) is 6.49. The molecule has 8 heteroatoms. The molecule has 0 unspecified atom stereocenters. The second-order valence-corrected chi connectivity index (χ2v) is 4.70. The van der Waals surface area contributed by atoms with Crippen LogP contribution in [0, 0.1) is 10.4 Å². The molecular formula is C13H17N5O3-2. The van der Waals surface area contributed by atoms with Crippen LogP contribution in [0.2, 0.25) is 0 Å². The minimum absolute atomic E-state index is 0.0354. The number of benzene rings is 1. The summed E-state index contributed by atoms with van der Waals surface area (Å²) in [5.41, 5.74) is 0.585. The topological polar surface area (TPSA) is 103 Å². The zero-order chi connectivity index (χ0) is 15.1. The van der Waals surface area contributed by atoms with Gasteiger partial charge in [-0.1, -0.05) is 24.3 Å². The Labute approximate surface area is 122 Å². The molecule has 0 aliphatic carbocycles. The fourth-order valence-electron chi connectivity index (χ4n) is 2.13. The molecule has 1 aromatic rings. The Morgan fingerprint density at radius 3 is 2.57 bits per heavy atom. The number of piperazine rings is 1. The zero-order valence-corrected chi connectivity index (χ0v) is 11.6. The van der Waals surface area contributed by atoms with E-state index in [0.29, 0.717) is 38.3 Å². The molecule has 0 N–H and O–H groups in total. The SMILES string of the molecule is [O-]/N=[N+](\[O-])N1CCN(CCN=Cc2ccccc2[O-])CC1. The highest BCUT2D eigenvalue weighted by Gasteiger charge is 2.20. The smallest absolute Gasteiger partial charge is 0.0895 e. The van der Waals surface area contributed by atoms with Gasteiger partial charge in [-0.3, -0.25) is 9.89 Å². The highest BCUT2D eigenvalue weighted by molar-refractivity contribution is 5.82. The molecule has 1 aromatic carbocycles. The summed E-state index contributed by atoms with van der Waals surface area (Å²) in [6.45, 7) is 3.65. The highest BCUT2D eigenvalue weighted by Crippen LogP contribution is 2.09. The largest absolute Gasteiger partial charge is 0.872 e. The fourth-order valence-corrected chi connectivity index (χ4v) is 2.13. The highest BCUT2D eigenvalue weighted by atomic mass is 16.6. The van der Waals surface area contributed by atoms with E-state index >= 15 is 0 Å². The van der Waals surface area contributed by atoms with E-state index in [1.807, 2.05) is 0 Å². The van der Waals surface area contributed by atoms with Crippen molar-refractivity contribution in [1.29, 1.82) is 0 Å². The third-order valence-electron chi connectivity index (χ3n) is 3.36. The molecule has 0 radical (unpaired) electrons. The van der Waals surface area contributed by atoms with Gasteiger partial charge in [0.2, 0.25) is 0 Å². The van der Waals surface area contributed by atoms with E-state index in [1.165, 1.54) is 11.1 Å². The number of aliphatic imine (C=N–C) groups is 1. The van der Waals surface area contributed by atoms with E-state index in [9.17, 15) is 15.5 Å². The number of para-hydroxylation sites is 1. The standard InChI is InChI=1S/C13H19N5O3/c19-13-4-2-1-3-12(13)11-14-5-6-16-7-9-17(10-8-16)18(21)15-20/h1-4,11,19-20H,5-10H2/p-2/b14-11?,18-15-. The minimum atomic E-state index is -0.0354. The van der Waals surface area contributed by atoms with E-state index in [0.717, 1.165) is 6.54 Å². The van der Waals surface area contributed by atoms with Gasteiger partial charge in [-0.05, 0) is 10.8 Å². The van der Waals surface area contributed by atoms with Crippen LogP contribution in [0.4, 0.5) is 0 Å². The summed E-state index contributed by atoms with van der Waals surface area (Å²) >= 11 is 0. The lowest BCUT2D eigenvalue weighted by Crippen LogP contribution is -2.49. The van der Waals surface area contributed by atoms with E-state index in [1.54, 1.807) is 24.4 Å².